The van der Waals surface area contributed by atoms with Crippen molar-refractivity contribution in [1.82, 2.24) is 20.4 Å². The number of hydrogen-bond acceptors (Lipinski definition) is 5. The first-order valence-corrected chi connectivity index (χ1v) is 15.8. The Bertz CT molecular complexity index is 1420. The maximum absolute atomic E-state index is 14.4. The van der Waals surface area contributed by atoms with E-state index >= 15 is 0 Å². The minimum Gasteiger partial charge on any atom is -0.383 e. The SMILES string of the molecule is C=CCN(C(=O)NCc1ccc(C(F)(F)F)cc1)C1CC2CCC(C1)N2C[C@@]1(C(=O)C2CC2)CNC[C@@]1(O)c1cccc(F)c1. The van der Waals surface area contributed by atoms with E-state index in [-0.39, 0.29) is 48.9 Å². The molecule has 45 heavy (non-hydrogen) atoms. The van der Waals surface area contributed by atoms with Crippen LogP contribution in [0.25, 0.3) is 0 Å². The number of alkyl halides is 3. The average molecular weight is 629 g/mol. The van der Waals surface area contributed by atoms with Gasteiger partial charge in [0.1, 0.15) is 17.2 Å². The van der Waals surface area contributed by atoms with Gasteiger partial charge in [-0.1, -0.05) is 30.3 Å². The van der Waals surface area contributed by atoms with Crippen LogP contribution in [0.2, 0.25) is 0 Å². The van der Waals surface area contributed by atoms with Crippen LogP contribution in [0.1, 0.15) is 55.2 Å². The molecule has 0 radical (unpaired) electrons. The number of urea groups is 1. The first kappa shape index (κ1) is 31.7. The van der Waals surface area contributed by atoms with Crippen LogP contribution >= 0.6 is 0 Å². The number of hydrogen-bond donors (Lipinski definition) is 3. The molecule has 3 heterocycles. The van der Waals surface area contributed by atoms with Gasteiger partial charge in [-0.05, 0) is 73.9 Å². The van der Waals surface area contributed by atoms with Crippen molar-refractivity contribution in [2.75, 3.05) is 26.2 Å². The maximum Gasteiger partial charge on any atom is 0.416 e. The van der Waals surface area contributed by atoms with E-state index in [1.165, 1.54) is 24.3 Å². The Morgan fingerprint density at radius 1 is 1.07 bits per heavy atom. The van der Waals surface area contributed by atoms with Crippen molar-refractivity contribution in [3.63, 3.8) is 0 Å². The summed E-state index contributed by atoms with van der Waals surface area (Å²) in [5, 5.41) is 18.4. The number of carbonyl (C=O) groups is 2. The molecule has 0 spiro atoms. The molecule has 6 rings (SSSR count). The number of amides is 2. The number of nitrogens with zero attached hydrogens (tertiary/aromatic N) is 2. The number of Topliss-reactive ketones (excluding diaryl/α,β-unsaturated/α-hetero) is 1. The van der Waals surface area contributed by atoms with Crippen molar-refractivity contribution in [3.8, 4) is 0 Å². The number of piperidine rings is 1. The van der Waals surface area contributed by atoms with E-state index in [0.717, 1.165) is 37.8 Å². The molecule has 11 heteroatoms. The van der Waals surface area contributed by atoms with Gasteiger partial charge in [0.15, 0.2) is 0 Å². The van der Waals surface area contributed by atoms with Gasteiger partial charge < -0.3 is 20.6 Å². The lowest BCUT2D eigenvalue weighted by molar-refractivity contribution is -0.149. The summed E-state index contributed by atoms with van der Waals surface area (Å²) in [4.78, 5) is 31.5. The highest BCUT2D eigenvalue weighted by Gasteiger charge is 2.63. The molecular weight excluding hydrogens is 588 g/mol. The summed E-state index contributed by atoms with van der Waals surface area (Å²) in [6.45, 7) is 5.06. The lowest BCUT2D eigenvalue weighted by Gasteiger charge is -2.49. The Hall–Kier alpha value is -3.28. The van der Waals surface area contributed by atoms with Gasteiger partial charge in [0.25, 0.3) is 0 Å². The molecule has 1 aliphatic carbocycles. The fraction of sp³-hybridized carbons (Fsp3) is 0.529. The zero-order chi connectivity index (χ0) is 32.0. The third kappa shape index (κ3) is 6.02. The van der Waals surface area contributed by atoms with Gasteiger partial charge in [-0.15, -0.1) is 6.58 Å². The molecule has 2 aromatic rings. The van der Waals surface area contributed by atoms with E-state index in [9.17, 15) is 32.3 Å². The molecule has 242 valence electrons. The predicted molar refractivity (Wildman–Crippen MR) is 160 cm³/mol. The van der Waals surface area contributed by atoms with E-state index in [4.69, 9.17) is 0 Å². The molecule has 0 aromatic heterocycles. The number of aliphatic hydroxyl groups is 1. The van der Waals surface area contributed by atoms with Gasteiger partial charge in [-0.25, -0.2) is 9.18 Å². The molecule has 2 unspecified atom stereocenters. The molecule has 4 aliphatic rings. The zero-order valence-electron chi connectivity index (χ0n) is 25.2. The molecule has 2 amide bonds. The van der Waals surface area contributed by atoms with Crippen LogP contribution in [0, 0.1) is 17.2 Å². The van der Waals surface area contributed by atoms with Gasteiger partial charge in [0, 0.05) is 56.8 Å². The molecule has 3 saturated heterocycles. The summed E-state index contributed by atoms with van der Waals surface area (Å²) < 4.78 is 53.2. The number of rotatable bonds is 10. The average Bonchev–Trinajstić information content (AvgIpc) is 3.77. The zero-order valence-corrected chi connectivity index (χ0v) is 25.2. The number of β-amino-alcohol motifs (C(OH)–C–C–N with tert-alkyl or cyclic N) is 1. The highest BCUT2D eigenvalue weighted by molar-refractivity contribution is 5.91. The number of halogens is 4. The van der Waals surface area contributed by atoms with Crippen molar-refractivity contribution in [3.05, 3.63) is 83.7 Å². The van der Waals surface area contributed by atoms with Gasteiger partial charge in [-0.3, -0.25) is 9.69 Å². The second kappa shape index (κ2) is 12.1. The summed E-state index contributed by atoms with van der Waals surface area (Å²) in [7, 11) is 0. The number of carbonyl (C=O) groups excluding carboxylic acids is 2. The Kier molecular flexibility index (Phi) is 8.56. The topological polar surface area (TPSA) is 84.9 Å². The Balaban J connectivity index is 1.17. The van der Waals surface area contributed by atoms with E-state index in [1.807, 2.05) is 0 Å². The summed E-state index contributed by atoms with van der Waals surface area (Å²) in [6.07, 6.45) is 1.99. The molecule has 4 fully saturated rings. The van der Waals surface area contributed by atoms with Crippen LogP contribution in [0.3, 0.4) is 0 Å². The standard InChI is InChI=1S/C34H40F4N4O3/c1-2-14-41(31(44)40-18-22-6-10-24(11-7-22)34(36,37)38)29-16-27-12-13-28(17-29)42(27)21-32(30(43)23-8-9-23)19-39-20-33(32,45)25-4-3-5-26(35)15-25/h2-7,10-11,15,23,27-29,39,45H,1,8-9,12-14,16-21H2,(H,40,44)/t27?,28?,29?,32-,33-/m1/s1. The van der Waals surface area contributed by atoms with Crippen molar-refractivity contribution >= 4 is 11.8 Å². The Morgan fingerprint density at radius 3 is 2.36 bits per heavy atom. The van der Waals surface area contributed by atoms with E-state index in [1.54, 1.807) is 23.1 Å². The second-order valence-corrected chi connectivity index (χ2v) is 13.2. The van der Waals surface area contributed by atoms with Crippen LogP contribution in [0.5, 0.6) is 0 Å². The Morgan fingerprint density at radius 2 is 1.76 bits per heavy atom. The lowest BCUT2D eigenvalue weighted by atomic mass is 9.66. The van der Waals surface area contributed by atoms with Crippen LogP contribution in [0.4, 0.5) is 22.4 Å². The summed E-state index contributed by atoms with van der Waals surface area (Å²) in [5.41, 5.74) is -2.46. The minimum atomic E-state index is -4.42. The molecule has 3 aliphatic heterocycles. The van der Waals surface area contributed by atoms with E-state index in [2.05, 4.69) is 22.1 Å². The third-order valence-electron chi connectivity index (χ3n) is 10.4. The highest BCUT2D eigenvalue weighted by Crippen LogP contribution is 2.52. The molecule has 7 nitrogen and oxygen atoms in total. The quantitative estimate of drug-likeness (QED) is 0.255. The first-order chi connectivity index (χ1) is 21.4. The van der Waals surface area contributed by atoms with Gasteiger partial charge in [-0.2, -0.15) is 13.2 Å². The molecular formula is C34H40F4N4O3. The van der Waals surface area contributed by atoms with Gasteiger partial charge >= 0.3 is 12.2 Å². The maximum atomic E-state index is 14.4. The Labute approximate surface area is 260 Å². The molecule has 2 aromatic carbocycles. The van der Waals surface area contributed by atoms with Crippen molar-refractivity contribution in [1.29, 1.82) is 0 Å². The smallest absolute Gasteiger partial charge is 0.383 e. The number of fused-ring (bicyclic) bond motifs is 2. The molecule has 2 bridgehead atoms. The lowest BCUT2D eigenvalue weighted by Crippen LogP contribution is -2.61. The minimum absolute atomic E-state index is 0.0386. The fourth-order valence-corrected chi connectivity index (χ4v) is 7.89. The second-order valence-electron chi connectivity index (χ2n) is 13.2. The molecule has 1 saturated carbocycles. The van der Waals surface area contributed by atoms with E-state index < -0.39 is 28.6 Å². The summed E-state index contributed by atoms with van der Waals surface area (Å²) in [5.74, 6) is -0.520. The first-order valence-electron chi connectivity index (χ1n) is 15.8. The van der Waals surface area contributed by atoms with Crippen molar-refractivity contribution in [2.45, 2.75) is 75.0 Å². The van der Waals surface area contributed by atoms with Crippen LogP contribution in [-0.4, -0.2) is 71.0 Å². The van der Waals surface area contributed by atoms with E-state index in [0.29, 0.717) is 43.6 Å². The number of benzene rings is 2. The largest absolute Gasteiger partial charge is 0.416 e. The third-order valence-corrected chi connectivity index (χ3v) is 10.4. The van der Waals surface area contributed by atoms with Gasteiger partial charge in [0.05, 0.1) is 11.0 Å². The number of nitrogens with one attached hydrogen (secondary N) is 2. The van der Waals surface area contributed by atoms with Crippen molar-refractivity contribution in [2.24, 2.45) is 11.3 Å². The fourth-order valence-electron chi connectivity index (χ4n) is 7.89. The summed E-state index contributed by atoms with van der Waals surface area (Å²) in [6, 6.07) is 10.4. The van der Waals surface area contributed by atoms with Crippen molar-refractivity contribution < 1.29 is 32.3 Å². The predicted octanol–water partition coefficient (Wildman–Crippen LogP) is 4.99. The van der Waals surface area contributed by atoms with Crippen LogP contribution in [-0.2, 0) is 23.1 Å². The normalized spacial score (nSPS) is 29.8. The number of ketones is 1. The molecule has 4 atom stereocenters. The highest BCUT2D eigenvalue weighted by atomic mass is 19.4. The summed E-state index contributed by atoms with van der Waals surface area (Å²) >= 11 is 0. The van der Waals surface area contributed by atoms with Gasteiger partial charge in [0.2, 0.25) is 0 Å². The molecule has 3 N–H and O–H groups in total. The van der Waals surface area contributed by atoms with Crippen LogP contribution in [0.15, 0.2) is 61.2 Å². The van der Waals surface area contributed by atoms with Crippen LogP contribution < -0.4 is 10.6 Å². The monoisotopic (exact) mass is 628 g/mol.